The van der Waals surface area contributed by atoms with Crippen LogP contribution in [0.3, 0.4) is 0 Å². The van der Waals surface area contributed by atoms with Crippen LogP contribution in [0, 0.1) is 6.92 Å². The number of hydrogen-bond donors (Lipinski definition) is 0. The Labute approximate surface area is 120 Å². The SMILES string of the molecule is COCc1nc(C)cc(N2CCCCC(SC)C2)n1. The quantitative estimate of drug-likeness (QED) is 0.848. The molecule has 5 heteroatoms. The van der Waals surface area contributed by atoms with Crippen molar-refractivity contribution in [2.24, 2.45) is 0 Å². The lowest BCUT2D eigenvalue weighted by atomic mass is 10.2. The Balaban J connectivity index is 2.18. The zero-order chi connectivity index (χ0) is 13.7. The molecule has 19 heavy (non-hydrogen) atoms. The lowest BCUT2D eigenvalue weighted by Gasteiger charge is -2.25. The molecule has 1 fully saturated rings. The molecular formula is C14H23N3OS. The van der Waals surface area contributed by atoms with E-state index in [9.17, 15) is 0 Å². The average Bonchev–Trinajstić information content (AvgIpc) is 2.63. The summed E-state index contributed by atoms with van der Waals surface area (Å²) in [6.45, 7) is 4.69. The van der Waals surface area contributed by atoms with E-state index in [2.05, 4.69) is 27.2 Å². The van der Waals surface area contributed by atoms with Crippen LogP contribution in [-0.4, -0.2) is 41.7 Å². The third-order valence-corrected chi connectivity index (χ3v) is 4.50. The van der Waals surface area contributed by atoms with Gasteiger partial charge in [0.05, 0.1) is 0 Å². The van der Waals surface area contributed by atoms with Crippen LogP contribution in [0.5, 0.6) is 0 Å². The van der Waals surface area contributed by atoms with Crippen LogP contribution in [0.1, 0.15) is 30.8 Å². The van der Waals surface area contributed by atoms with Gasteiger partial charge in [0.1, 0.15) is 12.4 Å². The molecule has 1 unspecified atom stereocenters. The standard InChI is InChI=1S/C14H23N3OS/c1-11-8-14(16-13(15-11)10-18-2)17-7-5-4-6-12(9-17)19-3/h8,12H,4-7,9-10H2,1-3H3. The summed E-state index contributed by atoms with van der Waals surface area (Å²) >= 11 is 1.97. The molecule has 0 amide bonds. The molecule has 2 heterocycles. The third-order valence-electron chi connectivity index (χ3n) is 3.45. The highest BCUT2D eigenvalue weighted by molar-refractivity contribution is 7.99. The van der Waals surface area contributed by atoms with Crippen LogP contribution >= 0.6 is 11.8 Å². The molecule has 0 spiro atoms. The monoisotopic (exact) mass is 281 g/mol. The first-order chi connectivity index (χ1) is 9.22. The molecule has 1 saturated heterocycles. The first-order valence-electron chi connectivity index (χ1n) is 6.84. The van der Waals surface area contributed by atoms with E-state index in [0.717, 1.165) is 30.4 Å². The minimum Gasteiger partial charge on any atom is -0.377 e. The summed E-state index contributed by atoms with van der Waals surface area (Å²) in [7, 11) is 1.68. The zero-order valence-electron chi connectivity index (χ0n) is 12.1. The molecule has 4 nitrogen and oxygen atoms in total. The van der Waals surface area contributed by atoms with Crippen LogP contribution in [0.4, 0.5) is 5.82 Å². The van der Waals surface area contributed by atoms with Crippen LogP contribution in [-0.2, 0) is 11.3 Å². The summed E-state index contributed by atoms with van der Waals surface area (Å²) in [4.78, 5) is 11.5. The van der Waals surface area contributed by atoms with Crippen LogP contribution in [0.2, 0.25) is 0 Å². The fourth-order valence-corrected chi connectivity index (χ4v) is 3.20. The van der Waals surface area contributed by atoms with Gasteiger partial charge in [0, 0.05) is 37.2 Å². The van der Waals surface area contributed by atoms with E-state index >= 15 is 0 Å². The molecular weight excluding hydrogens is 258 g/mol. The van der Waals surface area contributed by atoms with Crippen LogP contribution < -0.4 is 4.90 Å². The maximum Gasteiger partial charge on any atom is 0.156 e. The highest BCUT2D eigenvalue weighted by atomic mass is 32.2. The Morgan fingerprint density at radius 2 is 2.26 bits per heavy atom. The van der Waals surface area contributed by atoms with Crippen molar-refractivity contribution in [1.29, 1.82) is 0 Å². The van der Waals surface area contributed by atoms with E-state index in [0.29, 0.717) is 11.9 Å². The van der Waals surface area contributed by atoms with E-state index in [4.69, 9.17) is 4.74 Å². The Morgan fingerprint density at radius 3 is 3.00 bits per heavy atom. The van der Waals surface area contributed by atoms with Gasteiger partial charge in [-0.2, -0.15) is 11.8 Å². The fourth-order valence-electron chi connectivity index (χ4n) is 2.47. The van der Waals surface area contributed by atoms with E-state index < -0.39 is 0 Å². The third kappa shape index (κ3) is 4.08. The highest BCUT2D eigenvalue weighted by Gasteiger charge is 2.19. The Morgan fingerprint density at radius 1 is 1.42 bits per heavy atom. The van der Waals surface area contributed by atoms with Crippen molar-refractivity contribution in [2.75, 3.05) is 31.4 Å². The number of ether oxygens (including phenoxy) is 1. The van der Waals surface area contributed by atoms with Gasteiger partial charge in [-0.1, -0.05) is 6.42 Å². The van der Waals surface area contributed by atoms with Crippen LogP contribution in [0.15, 0.2) is 6.07 Å². The van der Waals surface area contributed by atoms with Gasteiger partial charge in [0.2, 0.25) is 0 Å². The first-order valence-corrected chi connectivity index (χ1v) is 8.13. The predicted octanol–water partition coefficient (Wildman–Crippen LogP) is 2.65. The molecule has 0 aliphatic carbocycles. The van der Waals surface area contributed by atoms with Crippen molar-refractivity contribution >= 4 is 17.6 Å². The molecule has 1 aromatic rings. The van der Waals surface area contributed by atoms with Gasteiger partial charge < -0.3 is 9.64 Å². The Kier molecular flexibility index (Phi) is 5.45. The van der Waals surface area contributed by atoms with Gasteiger partial charge in [-0.3, -0.25) is 0 Å². The van der Waals surface area contributed by atoms with Crippen molar-refractivity contribution in [3.63, 3.8) is 0 Å². The molecule has 0 aromatic carbocycles. The topological polar surface area (TPSA) is 38.2 Å². The summed E-state index contributed by atoms with van der Waals surface area (Å²) in [6.07, 6.45) is 6.08. The summed E-state index contributed by atoms with van der Waals surface area (Å²) in [5.41, 5.74) is 1.02. The number of rotatable bonds is 4. The summed E-state index contributed by atoms with van der Waals surface area (Å²) in [5.74, 6) is 1.84. The maximum absolute atomic E-state index is 5.14. The van der Waals surface area contributed by atoms with E-state index in [1.165, 1.54) is 19.3 Å². The molecule has 0 bridgehead atoms. The van der Waals surface area contributed by atoms with E-state index in [1.54, 1.807) is 7.11 Å². The molecule has 1 atom stereocenters. The van der Waals surface area contributed by atoms with Crippen molar-refractivity contribution in [2.45, 2.75) is 38.0 Å². The second kappa shape index (κ2) is 7.10. The normalized spacial score (nSPS) is 20.4. The van der Waals surface area contributed by atoms with Crippen molar-refractivity contribution in [3.8, 4) is 0 Å². The van der Waals surface area contributed by atoms with Gasteiger partial charge in [0.25, 0.3) is 0 Å². The first kappa shape index (κ1) is 14.6. The van der Waals surface area contributed by atoms with Gasteiger partial charge in [0.15, 0.2) is 5.82 Å². The summed E-state index contributed by atoms with van der Waals surface area (Å²) < 4.78 is 5.14. The largest absolute Gasteiger partial charge is 0.377 e. The summed E-state index contributed by atoms with van der Waals surface area (Å²) in [5, 5.41) is 0.712. The molecule has 2 rings (SSSR count). The minimum atomic E-state index is 0.481. The smallest absolute Gasteiger partial charge is 0.156 e. The maximum atomic E-state index is 5.14. The van der Waals surface area contributed by atoms with E-state index in [1.807, 2.05) is 18.7 Å². The van der Waals surface area contributed by atoms with Gasteiger partial charge in [-0.15, -0.1) is 0 Å². The number of aromatic nitrogens is 2. The van der Waals surface area contributed by atoms with Crippen molar-refractivity contribution < 1.29 is 4.74 Å². The number of thioether (sulfide) groups is 1. The zero-order valence-corrected chi connectivity index (χ0v) is 12.9. The number of aryl methyl sites for hydroxylation is 1. The van der Waals surface area contributed by atoms with Crippen molar-refractivity contribution in [1.82, 2.24) is 9.97 Å². The number of methoxy groups -OCH3 is 1. The molecule has 0 radical (unpaired) electrons. The number of nitrogens with zero attached hydrogens (tertiary/aromatic N) is 3. The second-order valence-corrected chi connectivity index (χ2v) is 6.15. The Hall–Kier alpha value is -0.810. The van der Waals surface area contributed by atoms with Gasteiger partial charge in [-0.05, 0) is 26.0 Å². The van der Waals surface area contributed by atoms with Crippen molar-refractivity contribution in [3.05, 3.63) is 17.6 Å². The van der Waals surface area contributed by atoms with Gasteiger partial charge >= 0.3 is 0 Å². The average molecular weight is 281 g/mol. The highest BCUT2D eigenvalue weighted by Crippen LogP contribution is 2.24. The minimum absolute atomic E-state index is 0.481. The molecule has 1 aliphatic rings. The fraction of sp³-hybridized carbons (Fsp3) is 0.714. The lowest BCUT2D eigenvalue weighted by molar-refractivity contribution is 0.177. The number of anilines is 1. The van der Waals surface area contributed by atoms with Gasteiger partial charge in [-0.25, -0.2) is 9.97 Å². The molecule has 0 N–H and O–H groups in total. The Bertz CT molecular complexity index is 414. The lowest BCUT2D eigenvalue weighted by Crippen LogP contribution is -2.30. The number of hydrogen-bond acceptors (Lipinski definition) is 5. The van der Waals surface area contributed by atoms with E-state index in [-0.39, 0.29) is 0 Å². The summed E-state index contributed by atoms with van der Waals surface area (Å²) in [6, 6.07) is 2.09. The molecule has 1 aliphatic heterocycles. The van der Waals surface area contributed by atoms with Crippen LogP contribution in [0.25, 0.3) is 0 Å². The second-order valence-electron chi connectivity index (χ2n) is 5.02. The predicted molar refractivity (Wildman–Crippen MR) is 80.8 cm³/mol. The molecule has 1 aromatic heterocycles. The molecule has 0 saturated carbocycles. The molecule has 106 valence electrons.